The van der Waals surface area contributed by atoms with E-state index in [1.807, 2.05) is 5.40 Å². The molecule has 0 amide bonds. The first kappa shape index (κ1) is 10.1. The molecule has 0 N–H and O–H groups in total. The molecule has 0 unspecified atom stereocenters. The van der Waals surface area contributed by atoms with E-state index < -0.39 is 10.1 Å². The molecule has 68 valence electrons. The molecular weight excluding hydrogens is 210 g/mol. The molecule has 0 heterocycles. The second-order valence-corrected chi connectivity index (χ2v) is 4.36. The van der Waals surface area contributed by atoms with Gasteiger partial charge in [-0.25, -0.2) is 8.42 Å². The highest BCUT2D eigenvalue weighted by Crippen LogP contribution is 2.18. The number of rotatable bonds is 2. The van der Waals surface area contributed by atoms with Gasteiger partial charge in [0.05, 0.1) is 4.90 Å². The van der Waals surface area contributed by atoms with Crippen LogP contribution in [0.4, 0.5) is 0 Å². The summed E-state index contributed by atoms with van der Waals surface area (Å²) in [6.07, 6.45) is 0. The molecule has 0 radical (unpaired) electrons. The van der Waals surface area contributed by atoms with E-state index in [0.29, 0.717) is 4.90 Å². The van der Waals surface area contributed by atoms with E-state index in [-0.39, 0.29) is 4.90 Å². The smallest absolute Gasteiger partial charge is 0.138 e. The molecule has 1 aromatic rings. The number of nitrogens with zero attached hydrogens (tertiary/aromatic N) is 1. The highest BCUT2D eigenvalue weighted by Gasteiger charge is 2.00. The minimum absolute atomic E-state index is 0.283. The molecule has 0 aliphatic heterocycles. The van der Waals surface area contributed by atoms with Crippen LogP contribution < -0.4 is 0 Å². The first-order chi connectivity index (χ1) is 6.04. The topological polar surface area (TPSA) is 81.0 Å². The Balaban J connectivity index is 3.03. The summed E-state index contributed by atoms with van der Waals surface area (Å²) in [7, 11) is -4.38. The van der Waals surface area contributed by atoms with Crippen molar-refractivity contribution in [2.45, 2.75) is 9.79 Å². The Bertz CT molecular complexity index is 430. The number of nitriles is 1. The summed E-state index contributed by atoms with van der Waals surface area (Å²) >= 11 is 0.903. The molecule has 13 heavy (non-hydrogen) atoms. The fourth-order valence-electron chi connectivity index (χ4n) is 0.727. The number of hydrogen-bond donors (Lipinski definition) is 0. The van der Waals surface area contributed by atoms with Gasteiger partial charge >= 0.3 is 0 Å². The summed E-state index contributed by atoms with van der Waals surface area (Å²) in [5, 5.41) is 10.1. The monoisotopic (exact) mass is 214 g/mol. The maximum absolute atomic E-state index is 10.5. The molecule has 1 rings (SSSR count). The highest BCUT2D eigenvalue weighted by molar-refractivity contribution is 8.03. The minimum Gasteiger partial charge on any atom is -0.744 e. The quantitative estimate of drug-likeness (QED) is 0.419. The lowest BCUT2D eigenvalue weighted by Gasteiger charge is -2.05. The van der Waals surface area contributed by atoms with Crippen LogP contribution in [0.5, 0.6) is 0 Å². The van der Waals surface area contributed by atoms with Crippen LogP contribution in [0.3, 0.4) is 0 Å². The Morgan fingerprint density at radius 2 is 1.85 bits per heavy atom. The van der Waals surface area contributed by atoms with Crippen LogP contribution in [0.2, 0.25) is 0 Å². The Labute approximate surface area is 79.9 Å². The van der Waals surface area contributed by atoms with E-state index in [1.54, 1.807) is 0 Å². The molecule has 1 aromatic carbocycles. The second-order valence-electron chi connectivity index (χ2n) is 2.12. The molecule has 0 aromatic heterocycles. The summed E-state index contributed by atoms with van der Waals surface area (Å²) in [4.78, 5) is 0.324. The molecule has 0 aliphatic rings. The van der Waals surface area contributed by atoms with Gasteiger partial charge in [-0.15, -0.1) is 0 Å². The zero-order valence-corrected chi connectivity index (χ0v) is 7.93. The van der Waals surface area contributed by atoms with Crippen molar-refractivity contribution in [1.82, 2.24) is 0 Å². The van der Waals surface area contributed by atoms with Crippen LogP contribution >= 0.6 is 11.8 Å². The molecule has 4 nitrogen and oxygen atoms in total. The van der Waals surface area contributed by atoms with Crippen molar-refractivity contribution < 1.29 is 13.0 Å². The van der Waals surface area contributed by atoms with Gasteiger partial charge in [-0.1, -0.05) is 0 Å². The molecule has 0 aliphatic carbocycles. The fraction of sp³-hybridized carbons (Fsp3) is 0. The van der Waals surface area contributed by atoms with Gasteiger partial charge in [0.1, 0.15) is 15.5 Å². The zero-order valence-electron chi connectivity index (χ0n) is 6.30. The Kier molecular flexibility index (Phi) is 2.93. The van der Waals surface area contributed by atoms with E-state index in [9.17, 15) is 13.0 Å². The molecule has 0 spiro atoms. The van der Waals surface area contributed by atoms with Crippen molar-refractivity contribution in [2.24, 2.45) is 0 Å². The molecule has 0 saturated heterocycles. The van der Waals surface area contributed by atoms with E-state index in [4.69, 9.17) is 5.26 Å². The van der Waals surface area contributed by atoms with Gasteiger partial charge in [0.2, 0.25) is 0 Å². The van der Waals surface area contributed by atoms with Gasteiger partial charge in [0.15, 0.2) is 0 Å². The lowest BCUT2D eigenvalue weighted by Crippen LogP contribution is -1.97. The van der Waals surface area contributed by atoms with Crippen LogP contribution in [0.25, 0.3) is 0 Å². The SMILES string of the molecule is N#CSc1ccc(S(=O)(=O)[O-])cc1. The maximum Gasteiger partial charge on any atom is 0.138 e. The third-order valence-corrected chi connectivity index (χ3v) is 2.72. The lowest BCUT2D eigenvalue weighted by atomic mass is 10.4. The van der Waals surface area contributed by atoms with Gasteiger partial charge in [0.25, 0.3) is 0 Å². The standard InChI is InChI=1S/C7H5NO3S2/c8-5-12-6-1-3-7(4-2-6)13(9,10)11/h1-4H,(H,9,10,11)/p-1. The van der Waals surface area contributed by atoms with Crippen LogP contribution in [0, 0.1) is 10.7 Å². The van der Waals surface area contributed by atoms with E-state index in [1.165, 1.54) is 24.3 Å². The summed E-state index contributed by atoms with van der Waals surface area (Å²) in [6.45, 7) is 0. The summed E-state index contributed by atoms with van der Waals surface area (Å²) in [5.41, 5.74) is 0. The average molecular weight is 214 g/mol. The zero-order chi connectivity index (χ0) is 9.90. The molecule has 0 bridgehead atoms. The second kappa shape index (κ2) is 3.79. The molecule has 0 atom stereocenters. The van der Waals surface area contributed by atoms with Crippen LogP contribution in [0.1, 0.15) is 0 Å². The molecule has 0 saturated carbocycles. The van der Waals surface area contributed by atoms with Crippen LogP contribution in [0.15, 0.2) is 34.1 Å². The Morgan fingerprint density at radius 3 is 2.23 bits per heavy atom. The first-order valence-electron chi connectivity index (χ1n) is 3.16. The normalized spacial score (nSPS) is 10.8. The third-order valence-electron chi connectivity index (χ3n) is 1.28. The van der Waals surface area contributed by atoms with Gasteiger partial charge in [-0.3, -0.25) is 0 Å². The van der Waals surface area contributed by atoms with Gasteiger partial charge in [0, 0.05) is 4.90 Å². The largest absolute Gasteiger partial charge is 0.744 e. The number of benzene rings is 1. The average Bonchev–Trinajstić information content (AvgIpc) is 2.04. The van der Waals surface area contributed by atoms with Crippen molar-refractivity contribution in [3.8, 4) is 5.40 Å². The van der Waals surface area contributed by atoms with Gasteiger partial charge < -0.3 is 4.55 Å². The summed E-state index contributed by atoms with van der Waals surface area (Å²) in [6, 6.07) is 5.20. The van der Waals surface area contributed by atoms with E-state index >= 15 is 0 Å². The molecule has 0 fully saturated rings. The Hall–Kier alpha value is -1.03. The molecular formula is C7H4NO3S2-. The lowest BCUT2D eigenvalue weighted by molar-refractivity contribution is 0.463. The van der Waals surface area contributed by atoms with Crippen molar-refractivity contribution in [2.75, 3.05) is 0 Å². The van der Waals surface area contributed by atoms with Crippen molar-refractivity contribution in [3.63, 3.8) is 0 Å². The van der Waals surface area contributed by atoms with Crippen molar-refractivity contribution in [1.29, 1.82) is 5.26 Å². The predicted octanol–water partition coefficient (Wildman–Crippen LogP) is 1.16. The number of thiocyanates is 1. The predicted molar refractivity (Wildman–Crippen MR) is 45.9 cm³/mol. The van der Waals surface area contributed by atoms with Crippen LogP contribution in [-0.2, 0) is 10.1 Å². The van der Waals surface area contributed by atoms with Crippen LogP contribution in [-0.4, -0.2) is 13.0 Å². The minimum atomic E-state index is -4.38. The first-order valence-corrected chi connectivity index (χ1v) is 5.38. The van der Waals surface area contributed by atoms with E-state index in [0.717, 1.165) is 11.8 Å². The van der Waals surface area contributed by atoms with Crippen molar-refractivity contribution in [3.05, 3.63) is 24.3 Å². The number of hydrogen-bond acceptors (Lipinski definition) is 5. The molecule has 6 heteroatoms. The summed E-state index contributed by atoms with van der Waals surface area (Å²) in [5.74, 6) is 0. The Morgan fingerprint density at radius 1 is 1.31 bits per heavy atom. The van der Waals surface area contributed by atoms with Crippen molar-refractivity contribution >= 4 is 21.9 Å². The highest BCUT2D eigenvalue weighted by atomic mass is 32.2. The van der Waals surface area contributed by atoms with E-state index in [2.05, 4.69) is 0 Å². The maximum atomic E-state index is 10.5. The fourth-order valence-corrected chi connectivity index (χ4v) is 1.57. The summed E-state index contributed by atoms with van der Waals surface area (Å²) < 4.78 is 31.4. The third kappa shape index (κ3) is 2.73. The van der Waals surface area contributed by atoms with Gasteiger partial charge in [-0.2, -0.15) is 5.26 Å². The van der Waals surface area contributed by atoms with Gasteiger partial charge in [-0.05, 0) is 36.0 Å². The number of thioether (sulfide) groups is 1.